The first-order valence-electron chi connectivity index (χ1n) is 10.3. The van der Waals surface area contributed by atoms with E-state index in [0.29, 0.717) is 22.3 Å². The highest BCUT2D eigenvalue weighted by Gasteiger charge is 2.37. The van der Waals surface area contributed by atoms with Crippen LogP contribution in [0.5, 0.6) is 0 Å². The molecular formula is C27H18N2O3. The number of carbonyl (C=O) groups is 2. The lowest BCUT2D eigenvalue weighted by Crippen LogP contribution is -2.01. The van der Waals surface area contributed by atoms with E-state index in [9.17, 15) is 9.59 Å². The van der Waals surface area contributed by atoms with E-state index >= 15 is 0 Å². The first kappa shape index (κ1) is 18.4. The molecule has 1 aliphatic rings. The lowest BCUT2D eigenvalue weighted by molar-refractivity contribution is -0.149. The number of aromatic nitrogens is 2. The summed E-state index contributed by atoms with van der Waals surface area (Å²) in [7, 11) is 1.93. The van der Waals surface area contributed by atoms with Crippen molar-refractivity contribution in [1.29, 1.82) is 0 Å². The van der Waals surface area contributed by atoms with E-state index in [1.54, 1.807) is 0 Å². The lowest BCUT2D eigenvalue weighted by atomic mass is 9.95. The van der Waals surface area contributed by atoms with Gasteiger partial charge >= 0.3 is 11.9 Å². The van der Waals surface area contributed by atoms with Crippen LogP contribution in [-0.4, -0.2) is 21.1 Å². The molecule has 3 heterocycles. The minimum Gasteiger partial charge on any atom is -0.386 e. The number of cyclic esters (lactones) is 2. The van der Waals surface area contributed by atoms with E-state index in [0.717, 1.165) is 27.5 Å². The molecule has 3 aromatic carbocycles. The predicted octanol–water partition coefficient (Wildman–Crippen LogP) is 5.12. The van der Waals surface area contributed by atoms with Gasteiger partial charge in [-0.2, -0.15) is 0 Å². The van der Waals surface area contributed by atoms with Gasteiger partial charge in [-0.1, -0.05) is 54.6 Å². The number of fused-ring (bicyclic) bond motifs is 2. The average Bonchev–Trinajstić information content (AvgIpc) is 3.45. The maximum absolute atomic E-state index is 13.0. The van der Waals surface area contributed by atoms with Gasteiger partial charge in [0, 0.05) is 52.5 Å². The number of esters is 2. The molecular weight excluding hydrogens is 400 g/mol. The second-order valence-electron chi connectivity index (χ2n) is 7.86. The Morgan fingerprint density at radius 3 is 1.84 bits per heavy atom. The van der Waals surface area contributed by atoms with Crippen LogP contribution in [0.25, 0.3) is 38.6 Å². The van der Waals surface area contributed by atoms with Gasteiger partial charge in [0.25, 0.3) is 0 Å². The summed E-state index contributed by atoms with van der Waals surface area (Å²) in [5.41, 5.74) is 4.90. The summed E-state index contributed by atoms with van der Waals surface area (Å²) in [4.78, 5) is 25.9. The standard InChI is InChI=1S/C27H18N2O3/c1-28-15-20(18-11-5-7-13-22(18)28)24-25(27(31)32-26(24)30)21-16-29(17-9-3-2-4-10-17)23-14-8-6-12-19(21)23/h2-16H,1H3. The minimum absolute atomic E-state index is 0.303. The summed E-state index contributed by atoms with van der Waals surface area (Å²) in [6.07, 6.45) is 3.80. The highest BCUT2D eigenvalue weighted by Crippen LogP contribution is 2.41. The highest BCUT2D eigenvalue weighted by molar-refractivity contribution is 6.46. The molecule has 0 aliphatic carbocycles. The van der Waals surface area contributed by atoms with Gasteiger partial charge in [-0.05, 0) is 24.3 Å². The third kappa shape index (κ3) is 2.58. The fraction of sp³-hybridized carbons (Fsp3) is 0.0370. The van der Waals surface area contributed by atoms with Gasteiger partial charge in [0.05, 0.1) is 16.7 Å². The van der Waals surface area contributed by atoms with Crippen LogP contribution in [0, 0.1) is 0 Å². The average molecular weight is 418 g/mol. The first-order chi connectivity index (χ1) is 15.6. The molecule has 0 amide bonds. The zero-order valence-electron chi connectivity index (χ0n) is 17.3. The Kier molecular flexibility index (Phi) is 3.92. The van der Waals surface area contributed by atoms with Crippen molar-refractivity contribution in [2.45, 2.75) is 0 Å². The zero-order valence-corrected chi connectivity index (χ0v) is 17.3. The smallest absolute Gasteiger partial charge is 0.347 e. The summed E-state index contributed by atoms with van der Waals surface area (Å²) >= 11 is 0. The van der Waals surface area contributed by atoms with Crippen molar-refractivity contribution in [3.63, 3.8) is 0 Å². The second kappa shape index (κ2) is 6.82. The fourth-order valence-corrected chi connectivity index (χ4v) is 4.60. The van der Waals surface area contributed by atoms with Gasteiger partial charge in [0.1, 0.15) is 0 Å². The largest absolute Gasteiger partial charge is 0.386 e. The highest BCUT2D eigenvalue weighted by atomic mass is 16.6. The Morgan fingerprint density at radius 2 is 1.16 bits per heavy atom. The molecule has 0 unspecified atom stereocenters. The van der Waals surface area contributed by atoms with Crippen LogP contribution in [0.15, 0.2) is 91.3 Å². The molecule has 5 aromatic rings. The molecule has 0 bridgehead atoms. The van der Waals surface area contributed by atoms with Crippen molar-refractivity contribution in [2.75, 3.05) is 0 Å². The van der Waals surface area contributed by atoms with Crippen molar-refractivity contribution in [3.05, 3.63) is 102 Å². The summed E-state index contributed by atoms with van der Waals surface area (Å²) in [5, 5.41) is 1.79. The number of hydrogen-bond donors (Lipinski definition) is 0. The number of aryl methyl sites for hydroxylation is 1. The van der Waals surface area contributed by atoms with Gasteiger partial charge in [-0.15, -0.1) is 0 Å². The van der Waals surface area contributed by atoms with Gasteiger partial charge in [0.15, 0.2) is 0 Å². The summed E-state index contributed by atoms with van der Waals surface area (Å²) in [6.45, 7) is 0. The minimum atomic E-state index is -0.617. The van der Waals surface area contributed by atoms with E-state index in [1.807, 2.05) is 107 Å². The third-order valence-electron chi connectivity index (χ3n) is 6.03. The number of carbonyl (C=O) groups excluding carboxylic acids is 2. The molecule has 0 atom stereocenters. The molecule has 0 N–H and O–H groups in total. The van der Waals surface area contributed by atoms with E-state index < -0.39 is 11.9 Å². The maximum Gasteiger partial charge on any atom is 0.347 e. The number of ether oxygens (including phenoxy) is 1. The Balaban J connectivity index is 1.69. The fourth-order valence-electron chi connectivity index (χ4n) is 4.60. The molecule has 0 radical (unpaired) electrons. The maximum atomic E-state index is 13.0. The quantitative estimate of drug-likeness (QED) is 0.302. The van der Waals surface area contributed by atoms with Crippen molar-refractivity contribution in [1.82, 2.24) is 9.13 Å². The number of hydrogen-bond acceptors (Lipinski definition) is 3. The topological polar surface area (TPSA) is 53.2 Å². The van der Waals surface area contributed by atoms with Crippen LogP contribution in [0.4, 0.5) is 0 Å². The SMILES string of the molecule is Cn1cc(C2=C(c3cn(-c4ccccc4)c4ccccc34)C(=O)OC2=O)c2ccccc21. The lowest BCUT2D eigenvalue weighted by Gasteiger charge is -2.04. The van der Waals surface area contributed by atoms with Crippen molar-refractivity contribution in [2.24, 2.45) is 7.05 Å². The van der Waals surface area contributed by atoms with Crippen LogP contribution in [0.2, 0.25) is 0 Å². The zero-order chi connectivity index (χ0) is 21.8. The third-order valence-corrected chi connectivity index (χ3v) is 6.03. The first-order valence-corrected chi connectivity index (χ1v) is 10.3. The predicted molar refractivity (Wildman–Crippen MR) is 124 cm³/mol. The Morgan fingerprint density at radius 1 is 0.625 bits per heavy atom. The van der Waals surface area contributed by atoms with E-state index in [4.69, 9.17) is 4.74 Å². The molecule has 5 nitrogen and oxygen atoms in total. The molecule has 6 rings (SSSR count). The van der Waals surface area contributed by atoms with E-state index in [2.05, 4.69) is 0 Å². The van der Waals surface area contributed by atoms with Crippen molar-refractivity contribution >= 4 is 44.9 Å². The normalized spacial score (nSPS) is 14.0. The molecule has 32 heavy (non-hydrogen) atoms. The van der Waals surface area contributed by atoms with E-state index in [-0.39, 0.29) is 0 Å². The number of nitrogens with zero attached hydrogens (tertiary/aromatic N) is 2. The molecule has 0 fully saturated rings. The Labute approximate surface area is 183 Å². The second-order valence-corrected chi connectivity index (χ2v) is 7.86. The van der Waals surface area contributed by atoms with Crippen LogP contribution < -0.4 is 0 Å². The monoisotopic (exact) mass is 418 g/mol. The van der Waals surface area contributed by atoms with Gasteiger partial charge in [-0.25, -0.2) is 9.59 Å². The Hall–Kier alpha value is -4.38. The van der Waals surface area contributed by atoms with Gasteiger partial charge in [0.2, 0.25) is 0 Å². The molecule has 2 aromatic heterocycles. The van der Waals surface area contributed by atoms with Crippen LogP contribution in [0.1, 0.15) is 11.1 Å². The van der Waals surface area contributed by atoms with Crippen molar-refractivity contribution in [3.8, 4) is 5.69 Å². The molecule has 154 valence electrons. The number of para-hydroxylation sites is 3. The van der Waals surface area contributed by atoms with Crippen LogP contribution >= 0.6 is 0 Å². The van der Waals surface area contributed by atoms with E-state index in [1.165, 1.54) is 0 Å². The molecule has 0 saturated carbocycles. The van der Waals surface area contributed by atoms with Crippen LogP contribution in [0.3, 0.4) is 0 Å². The van der Waals surface area contributed by atoms with Gasteiger partial charge < -0.3 is 13.9 Å². The van der Waals surface area contributed by atoms with Crippen LogP contribution in [-0.2, 0) is 21.4 Å². The summed E-state index contributed by atoms with van der Waals surface area (Å²) in [5.74, 6) is -1.23. The molecule has 0 spiro atoms. The van der Waals surface area contributed by atoms with Gasteiger partial charge in [-0.3, -0.25) is 0 Å². The molecule has 5 heteroatoms. The Bertz CT molecular complexity index is 1590. The molecule has 1 aliphatic heterocycles. The van der Waals surface area contributed by atoms with Crippen molar-refractivity contribution < 1.29 is 14.3 Å². The summed E-state index contributed by atoms with van der Waals surface area (Å²) in [6, 6.07) is 25.6. The molecule has 0 saturated heterocycles. The number of benzene rings is 3. The number of rotatable bonds is 3. The summed E-state index contributed by atoms with van der Waals surface area (Å²) < 4.78 is 9.14.